The summed E-state index contributed by atoms with van der Waals surface area (Å²) >= 11 is 0. The van der Waals surface area contributed by atoms with E-state index in [0.717, 1.165) is 25.1 Å². The molecular formula is C27H33F3N8O4. The van der Waals surface area contributed by atoms with Crippen LogP contribution in [0.5, 0.6) is 5.75 Å². The number of aliphatic hydroxyl groups excluding tert-OH is 2. The number of nitrogens with one attached hydrogen (secondary N) is 1. The minimum Gasteiger partial charge on any atom is -0.406 e. The van der Waals surface area contributed by atoms with E-state index >= 15 is 0 Å². The van der Waals surface area contributed by atoms with Gasteiger partial charge in [0.05, 0.1) is 17.4 Å². The van der Waals surface area contributed by atoms with Crippen LogP contribution in [0.25, 0.3) is 22.2 Å². The van der Waals surface area contributed by atoms with Crippen LogP contribution in [0.3, 0.4) is 0 Å². The van der Waals surface area contributed by atoms with Gasteiger partial charge in [-0.2, -0.15) is 0 Å². The molecule has 4 heterocycles. The molecule has 0 radical (unpaired) electrons. The Balaban J connectivity index is 1.04. The smallest absolute Gasteiger partial charge is 0.406 e. The summed E-state index contributed by atoms with van der Waals surface area (Å²) in [6.45, 7) is 4.63. The van der Waals surface area contributed by atoms with Crippen LogP contribution in [0, 0.1) is 5.92 Å². The summed E-state index contributed by atoms with van der Waals surface area (Å²) < 4.78 is 49.3. The number of imidazole rings is 2. The number of nitrogens with zero attached hydrogens (tertiary/aromatic N) is 6. The largest absolute Gasteiger partial charge is 0.573 e. The molecule has 0 spiro atoms. The Morgan fingerprint density at radius 2 is 1.98 bits per heavy atom. The van der Waals surface area contributed by atoms with Crippen molar-refractivity contribution in [2.45, 2.75) is 82.5 Å². The van der Waals surface area contributed by atoms with Gasteiger partial charge in [0.2, 0.25) is 0 Å². The summed E-state index contributed by atoms with van der Waals surface area (Å²) in [4.78, 5) is 22.3. The van der Waals surface area contributed by atoms with Crippen molar-refractivity contribution in [1.29, 1.82) is 0 Å². The molecule has 3 aromatic heterocycles. The van der Waals surface area contributed by atoms with Gasteiger partial charge < -0.3 is 30.4 Å². The van der Waals surface area contributed by atoms with Gasteiger partial charge in [0.15, 0.2) is 17.7 Å². The lowest BCUT2D eigenvalue weighted by Gasteiger charge is -2.46. The highest BCUT2D eigenvalue weighted by Gasteiger charge is 2.46. The highest BCUT2D eigenvalue weighted by molar-refractivity contribution is 5.81. The van der Waals surface area contributed by atoms with Gasteiger partial charge in [0.1, 0.15) is 41.7 Å². The summed E-state index contributed by atoms with van der Waals surface area (Å²) in [7, 11) is 0. The Bertz CT molecular complexity index is 1550. The maximum atomic E-state index is 12.5. The molecule has 42 heavy (non-hydrogen) atoms. The number of alkyl halides is 3. The summed E-state index contributed by atoms with van der Waals surface area (Å²) in [5, 5.41) is 21.7. The van der Waals surface area contributed by atoms with E-state index in [1.165, 1.54) is 30.9 Å². The summed E-state index contributed by atoms with van der Waals surface area (Å²) in [6.07, 6.45) is -2.24. The normalized spacial score (nSPS) is 26.5. The minimum atomic E-state index is -4.75. The van der Waals surface area contributed by atoms with Crippen molar-refractivity contribution in [2.75, 3.05) is 12.3 Å². The average Bonchev–Trinajstić information content (AvgIpc) is 3.58. The maximum Gasteiger partial charge on any atom is 0.573 e. The molecule has 0 unspecified atom stereocenters. The number of fused-ring (bicyclic) bond motifs is 2. The Morgan fingerprint density at radius 3 is 2.71 bits per heavy atom. The second-order valence-electron chi connectivity index (χ2n) is 11.4. The number of halogens is 3. The number of aryl methyl sites for hydroxylation is 1. The first-order valence-corrected chi connectivity index (χ1v) is 13.9. The third-order valence-electron chi connectivity index (χ3n) is 8.26. The Kier molecular flexibility index (Phi) is 7.45. The third-order valence-corrected chi connectivity index (χ3v) is 8.26. The Labute approximate surface area is 238 Å². The van der Waals surface area contributed by atoms with Crippen molar-refractivity contribution in [1.82, 2.24) is 34.4 Å². The monoisotopic (exact) mass is 590 g/mol. The van der Waals surface area contributed by atoms with Crippen LogP contribution in [0.4, 0.5) is 19.0 Å². The van der Waals surface area contributed by atoms with Gasteiger partial charge in [0.25, 0.3) is 0 Å². The third kappa shape index (κ3) is 5.61. The number of nitrogens with two attached hydrogens (primary N) is 1. The zero-order chi connectivity index (χ0) is 29.8. The molecule has 5 N–H and O–H groups in total. The van der Waals surface area contributed by atoms with Crippen molar-refractivity contribution in [3.8, 4) is 5.75 Å². The molecule has 4 atom stereocenters. The molecule has 1 saturated heterocycles. The van der Waals surface area contributed by atoms with E-state index in [2.05, 4.69) is 48.4 Å². The molecule has 4 aromatic rings. The zero-order valence-electron chi connectivity index (χ0n) is 23.1. The van der Waals surface area contributed by atoms with E-state index in [4.69, 9.17) is 10.5 Å². The lowest BCUT2D eigenvalue weighted by molar-refractivity contribution is -0.274. The van der Waals surface area contributed by atoms with Gasteiger partial charge in [-0.05, 0) is 51.2 Å². The first kappa shape index (κ1) is 28.6. The van der Waals surface area contributed by atoms with Crippen molar-refractivity contribution in [3.05, 3.63) is 36.7 Å². The SMILES string of the molecule is CC(C)N(C[C@H]1O[C@@H](n2cnc3c(N)ncnc32)[C@H](O)[C@@H]1O)C1CC(CCc2nc3cc(OC(F)(F)F)ccc3[nH]2)C1. The van der Waals surface area contributed by atoms with Crippen LogP contribution >= 0.6 is 0 Å². The second-order valence-corrected chi connectivity index (χ2v) is 11.4. The predicted octanol–water partition coefficient (Wildman–Crippen LogP) is 2.92. The number of aliphatic hydroxyl groups is 2. The highest BCUT2D eigenvalue weighted by Crippen LogP contribution is 2.38. The van der Waals surface area contributed by atoms with Gasteiger partial charge in [-0.25, -0.2) is 19.9 Å². The highest BCUT2D eigenvalue weighted by atomic mass is 19.4. The Hall–Kier alpha value is -3.53. The van der Waals surface area contributed by atoms with Crippen LogP contribution in [0.1, 0.15) is 45.2 Å². The first-order chi connectivity index (χ1) is 20.0. The fourth-order valence-electron chi connectivity index (χ4n) is 6.06. The summed E-state index contributed by atoms with van der Waals surface area (Å²) in [5.41, 5.74) is 7.80. The molecule has 15 heteroatoms. The van der Waals surface area contributed by atoms with E-state index in [0.29, 0.717) is 47.1 Å². The van der Waals surface area contributed by atoms with Gasteiger partial charge >= 0.3 is 6.36 Å². The average molecular weight is 591 g/mol. The lowest BCUT2D eigenvalue weighted by atomic mass is 9.76. The standard InChI is InChI=1S/C27H33F3N8O4/c1-13(2)37(10-19-22(39)23(40)26(41-19)38-12-34-21-24(31)32-11-33-25(21)38)15-7-14(8-15)3-6-20-35-17-5-4-16(9-18(17)36-20)42-27(28,29)30/h4-5,9,11-15,19,22-23,26,39-40H,3,6-8,10H2,1-2H3,(H,35,36)(H2,31,32,33)/t14?,15?,19-,22-,23-,26-/m1/s1. The molecule has 226 valence electrons. The van der Waals surface area contributed by atoms with E-state index in [1.807, 2.05) is 0 Å². The van der Waals surface area contributed by atoms with Crippen molar-refractivity contribution in [2.24, 2.45) is 5.92 Å². The molecule has 0 amide bonds. The van der Waals surface area contributed by atoms with Gasteiger partial charge in [-0.3, -0.25) is 9.47 Å². The number of aromatic nitrogens is 6. The minimum absolute atomic E-state index is 0.188. The number of hydrogen-bond donors (Lipinski definition) is 4. The van der Waals surface area contributed by atoms with Crippen LogP contribution in [0.15, 0.2) is 30.9 Å². The molecular weight excluding hydrogens is 557 g/mol. The molecule has 6 rings (SSSR count). The van der Waals surface area contributed by atoms with E-state index in [-0.39, 0.29) is 17.6 Å². The molecule has 0 bridgehead atoms. The summed E-state index contributed by atoms with van der Waals surface area (Å²) in [5.74, 6) is 1.11. The quantitative estimate of drug-likeness (QED) is 0.228. The second kappa shape index (κ2) is 10.9. The molecule has 12 nitrogen and oxygen atoms in total. The predicted molar refractivity (Wildman–Crippen MR) is 145 cm³/mol. The molecule has 1 saturated carbocycles. The first-order valence-electron chi connectivity index (χ1n) is 13.9. The number of rotatable bonds is 9. The Morgan fingerprint density at radius 1 is 1.19 bits per heavy atom. The molecule has 2 fully saturated rings. The van der Waals surface area contributed by atoms with Gasteiger partial charge in [0, 0.05) is 31.1 Å². The lowest BCUT2D eigenvalue weighted by Crippen LogP contribution is -2.52. The number of aromatic amines is 1. The van der Waals surface area contributed by atoms with Crippen LogP contribution in [0.2, 0.25) is 0 Å². The molecule has 2 aliphatic rings. The van der Waals surface area contributed by atoms with Crippen molar-refractivity contribution < 1.29 is 32.9 Å². The van der Waals surface area contributed by atoms with Crippen molar-refractivity contribution >= 4 is 28.0 Å². The number of nitrogen functional groups attached to an aromatic ring is 1. The van der Waals surface area contributed by atoms with E-state index < -0.39 is 30.9 Å². The number of benzene rings is 1. The maximum absolute atomic E-state index is 12.5. The topological polar surface area (TPSA) is 160 Å². The molecule has 1 aliphatic heterocycles. The van der Waals surface area contributed by atoms with Gasteiger partial charge in [-0.1, -0.05) is 0 Å². The fraction of sp³-hybridized carbons (Fsp3) is 0.556. The number of anilines is 1. The van der Waals surface area contributed by atoms with Crippen LogP contribution < -0.4 is 10.5 Å². The summed E-state index contributed by atoms with van der Waals surface area (Å²) in [6, 6.07) is 4.56. The fourth-order valence-corrected chi connectivity index (χ4v) is 6.06. The molecule has 1 aliphatic carbocycles. The molecule has 1 aromatic carbocycles. The van der Waals surface area contributed by atoms with Crippen molar-refractivity contribution in [3.63, 3.8) is 0 Å². The van der Waals surface area contributed by atoms with Crippen LogP contribution in [-0.2, 0) is 11.2 Å². The number of hydrogen-bond acceptors (Lipinski definition) is 10. The van der Waals surface area contributed by atoms with Gasteiger partial charge in [-0.15, -0.1) is 13.2 Å². The van der Waals surface area contributed by atoms with E-state index in [1.54, 1.807) is 4.57 Å². The van der Waals surface area contributed by atoms with E-state index in [9.17, 15) is 23.4 Å². The number of ether oxygens (including phenoxy) is 2. The van der Waals surface area contributed by atoms with Crippen LogP contribution in [-0.4, -0.2) is 87.9 Å². The zero-order valence-corrected chi connectivity index (χ0v) is 23.1. The number of H-pyrrole nitrogens is 1.